The molecule has 0 unspecified atom stereocenters. The van der Waals surface area contributed by atoms with Gasteiger partial charge >= 0.3 is 5.97 Å². The molecule has 5 rings (SSSR count). The van der Waals surface area contributed by atoms with Crippen LogP contribution < -0.4 is 0 Å². The number of carbonyl (C=O) groups excluding carboxylic acids is 1. The molecule has 1 aliphatic heterocycles. The summed E-state index contributed by atoms with van der Waals surface area (Å²) in [5, 5.41) is 0. The minimum atomic E-state index is -1.56. The highest BCUT2D eigenvalue weighted by Gasteiger charge is 2.58. The molecule has 0 bridgehead atoms. The highest BCUT2D eigenvalue weighted by atomic mass is 16.7. The molecule has 1 aliphatic rings. The molecule has 0 saturated carbocycles. The van der Waals surface area contributed by atoms with Crippen molar-refractivity contribution in [1.82, 2.24) is 0 Å². The second-order valence-electron chi connectivity index (χ2n) is 11.4. The summed E-state index contributed by atoms with van der Waals surface area (Å²) in [7, 11) is 1.51. The zero-order chi connectivity index (χ0) is 32.7. The number of benzene rings is 4. The van der Waals surface area contributed by atoms with Crippen LogP contribution in [0.2, 0.25) is 0 Å². The Morgan fingerprint density at radius 3 is 1.55 bits per heavy atom. The topological polar surface area (TPSA) is 81.7 Å². The van der Waals surface area contributed by atoms with E-state index in [0.717, 1.165) is 22.3 Å². The van der Waals surface area contributed by atoms with Gasteiger partial charge in [-0.3, -0.25) is 4.79 Å². The van der Waals surface area contributed by atoms with Crippen LogP contribution in [0.1, 0.15) is 35.6 Å². The van der Waals surface area contributed by atoms with E-state index in [1.54, 1.807) is 6.92 Å². The van der Waals surface area contributed by atoms with Crippen LogP contribution in [0, 0.1) is 0 Å². The number of rotatable bonds is 17. The van der Waals surface area contributed by atoms with Crippen LogP contribution in [0.3, 0.4) is 0 Å². The van der Waals surface area contributed by atoms with E-state index in [0.29, 0.717) is 13.2 Å². The summed E-state index contributed by atoms with van der Waals surface area (Å²) in [5.74, 6) is -2.03. The molecular weight excluding hydrogens is 596 g/mol. The fourth-order valence-corrected chi connectivity index (χ4v) is 5.71. The molecule has 4 aromatic rings. The fourth-order valence-electron chi connectivity index (χ4n) is 5.71. The number of hydrogen-bond acceptors (Lipinski definition) is 8. The van der Waals surface area contributed by atoms with E-state index in [2.05, 4.69) is 0 Å². The largest absolute Gasteiger partial charge is 0.466 e. The van der Waals surface area contributed by atoms with Gasteiger partial charge in [0.15, 0.2) is 0 Å². The molecule has 1 heterocycles. The third kappa shape index (κ3) is 9.81. The first-order valence-corrected chi connectivity index (χ1v) is 16.1. The SMILES string of the molecule is CCOC(=O)C[C@]1(OC)O[C@H](COCc2ccccc2)[C@@H](OCc2ccccc2)[C@H](OCc2ccccc2)[C@H]1OCc1ccccc1. The van der Waals surface area contributed by atoms with Gasteiger partial charge in [0.2, 0.25) is 5.79 Å². The molecule has 8 heteroatoms. The molecule has 0 radical (unpaired) electrons. The van der Waals surface area contributed by atoms with E-state index < -0.39 is 36.2 Å². The summed E-state index contributed by atoms with van der Waals surface area (Å²) in [6.45, 7) is 3.31. The van der Waals surface area contributed by atoms with E-state index in [1.807, 2.05) is 121 Å². The molecule has 0 N–H and O–H groups in total. The number of esters is 1. The van der Waals surface area contributed by atoms with E-state index in [4.69, 9.17) is 33.2 Å². The lowest BCUT2D eigenvalue weighted by atomic mass is 9.89. The predicted molar refractivity (Wildman–Crippen MR) is 177 cm³/mol. The van der Waals surface area contributed by atoms with Crippen LogP contribution in [0.4, 0.5) is 0 Å². The van der Waals surface area contributed by atoms with Crippen LogP contribution in [-0.2, 0) is 64.4 Å². The van der Waals surface area contributed by atoms with Crippen LogP contribution in [0.25, 0.3) is 0 Å². The molecule has 248 valence electrons. The van der Waals surface area contributed by atoms with Gasteiger partial charge in [-0.05, 0) is 29.2 Å². The number of carbonyl (C=O) groups is 1. The summed E-state index contributed by atoms with van der Waals surface area (Å²) in [4.78, 5) is 13.1. The average molecular weight is 641 g/mol. The maximum absolute atomic E-state index is 13.1. The molecule has 1 fully saturated rings. The van der Waals surface area contributed by atoms with E-state index in [9.17, 15) is 4.79 Å². The van der Waals surface area contributed by atoms with Gasteiger partial charge in [-0.15, -0.1) is 0 Å². The Hall–Kier alpha value is -3.89. The summed E-state index contributed by atoms with van der Waals surface area (Å²) in [6.07, 6.45) is -3.17. The van der Waals surface area contributed by atoms with Crippen molar-refractivity contribution in [3.05, 3.63) is 144 Å². The zero-order valence-corrected chi connectivity index (χ0v) is 27.1. The van der Waals surface area contributed by atoms with Gasteiger partial charge in [0.1, 0.15) is 30.8 Å². The average Bonchev–Trinajstić information content (AvgIpc) is 3.11. The number of ether oxygens (including phenoxy) is 7. The molecule has 1 saturated heterocycles. The highest BCUT2D eigenvalue weighted by molar-refractivity contribution is 5.70. The smallest absolute Gasteiger partial charge is 0.311 e. The summed E-state index contributed by atoms with van der Waals surface area (Å²) in [6, 6.07) is 39.6. The van der Waals surface area contributed by atoms with Crippen molar-refractivity contribution < 1.29 is 38.0 Å². The normalized spacial score (nSPS) is 22.5. The Balaban J connectivity index is 1.51. The molecule has 8 nitrogen and oxygen atoms in total. The Morgan fingerprint density at radius 2 is 1.09 bits per heavy atom. The highest BCUT2D eigenvalue weighted by Crippen LogP contribution is 2.40. The van der Waals surface area contributed by atoms with Gasteiger partial charge in [0.05, 0.1) is 39.6 Å². The zero-order valence-electron chi connectivity index (χ0n) is 27.1. The Bertz CT molecular complexity index is 1450. The maximum Gasteiger partial charge on any atom is 0.311 e. The van der Waals surface area contributed by atoms with Gasteiger partial charge in [-0.1, -0.05) is 121 Å². The molecule has 0 amide bonds. The first kappa shape index (κ1) is 34.4. The van der Waals surface area contributed by atoms with Gasteiger partial charge in [-0.2, -0.15) is 0 Å². The molecule has 0 aromatic heterocycles. The number of methoxy groups -OCH3 is 1. The molecule has 0 aliphatic carbocycles. The Labute approximate surface area is 277 Å². The van der Waals surface area contributed by atoms with Crippen molar-refractivity contribution in [3.63, 3.8) is 0 Å². The maximum atomic E-state index is 13.1. The number of hydrogen-bond donors (Lipinski definition) is 0. The third-order valence-corrected chi connectivity index (χ3v) is 8.05. The van der Waals surface area contributed by atoms with Crippen molar-refractivity contribution in [1.29, 1.82) is 0 Å². The molecule has 4 aromatic carbocycles. The lowest BCUT2D eigenvalue weighted by Gasteiger charge is -2.51. The lowest BCUT2D eigenvalue weighted by molar-refractivity contribution is -0.377. The van der Waals surface area contributed by atoms with Crippen LogP contribution in [-0.4, -0.2) is 56.5 Å². The van der Waals surface area contributed by atoms with E-state index >= 15 is 0 Å². The summed E-state index contributed by atoms with van der Waals surface area (Å²) in [5.41, 5.74) is 3.95. The molecule has 5 atom stereocenters. The van der Waals surface area contributed by atoms with Crippen LogP contribution in [0.5, 0.6) is 0 Å². The minimum Gasteiger partial charge on any atom is -0.466 e. The van der Waals surface area contributed by atoms with Crippen molar-refractivity contribution in [2.45, 2.75) is 70.0 Å². The Morgan fingerprint density at radius 1 is 0.638 bits per heavy atom. The summed E-state index contributed by atoms with van der Waals surface area (Å²) < 4.78 is 44.6. The third-order valence-electron chi connectivity index (χ3n) is 8.05. The van der Waals surface area contributed by atoms with E-state index in [1.165, 1.54) is 7.11 Å². The monoisotopic (exact) mass is 640 g/mol. The van der Waals surface area contributed by atoms with Crippen molar-refractivity contribution in [2.24, 2.45) is 0 Å². The second kappa shape index (κ2) is 17.9. The fraction of sp³-hybridized carbons (Fsp3) is 0.359. The second-order valence-corrected chi connectivity index (χ2v) is 11.4. The van der Waals surface area contributed by atoms with Crippen LogP contribution in [0.15, 0.2) is 121 Å². The summed E-state index contributed by atoms with van der Waals surface area (Å²) >= 11 is 0. The van der Waals surface area contributed by atoms with Crippen molar-refractivity contribution >= 4 is 5.97 Å². The van der Waals surface area contributed by atoms with Gasteiger partial charge < -0.3 is 33.2 Å². The van der Waals surface area contributed by atoms with Crippen molar-refractivity contribution in [2.75, 3.05) is 20.3 Å². The molecule has 0 spiro atoms. The van der Waals surface area contributed by atoms with E-state index in [-0.39, 0.29) is 32.8 Å². The first-order chi connectivity index (χ1) is 23.1. The quantitative estimate of drug-likeness (QED) is 0.119. The standard InChI is InChI=1S/C39H44O8/c1-3-43-35(40)24-39(41-2)38(46-28-33-22-14-7-15-23-33)37(45-27-32-20-12-6-13-21-32)36(44-26-31-18-10-5-11-19-31)34(47-39)29-42-25-30-16-8-4-9-17-30/h4-23,34,36-38H,3,24-29H2,1-2H3/t34-,36-,37+,38-,39+/m1/s1. The predicted octanol–water partition coefficient (Wildman–Crippen LogP) is 6.65. The minimum absolute atomic E-state index is 0.152. The molecular formula is C39H44O8. The Kier molecular flexibility index (Phi) is 13.1. The van der Waals surface area contributed by atoms with Crippen molar-refractivity contribution in [3.8, 4) is 0 Å². The lowest BCUT2D eigenvalue weighted by Crippen LogP contribution is -2.68. The van der Waals surface area contributed by atoms with Gasteiger partial charge in [-0.25, -0.2) is 0 Å². The van der Waals surface area contributed by atoms with Gasteiger partial charge in [0.25, 0.3) is 0 Å². The van der Waals surface area contributed by atoms with Crippen LogP contribution >= 0.6 is 0 Å². The molecule has 47 heavy (non-hydrogen) atoms. The van der Waals surface area contributed by atoms with Gasteiger partial charge in [0, 0.05) is 7.11 Å². The first-order valence-electron chi connectivity index (χ1n) is 16.1.